The molecule has 0 saturated carbocycles. The maximum absolute atomic E-state index is 12.4. The molecular weight excluding hydrogens is 409 g/mol. The van der Waals surface area contributed by atoms with Crippen LogP contribution in [0.15, 0.2) is 36.4 Å². The van der Waals surface area contributed by atoms with Gasteiger partial charge < -0.3 is 10.1 Å². The quantitative estimate of drug-likeness (QED) is 0.606. The Balaban J connectivity index is 1.69. The van der Waals surface area contributed by atoms with Gasteiger partial charge in [0.2, 0.25) is 5.91 Å². The Bertz CT molecular complexity index is 1020. The molecule has 3 aromatic rings. The van der Waals surface area contributed by atoms with E-state index in [0.717, 1.165) is 10.2 Å². The fourth-order valence-corrected chi connectivity index (χ4v) is 3.47. The molecule has 0 fully saturated rings. The van der Waals surface area contributed by atoms with Crippen molar-refractivity contribution in [3.63, 3.8) is 0 Å². The molecule has 1 atom stereocenters. The van der Waals surface area contributed by atoms with E-state index in [2.05, 4.69) is 15.6 Å². The van der Waals surface area contributed by atoms with Gasteiger partial charge in [-0.05, 0) is 37.3 Å². The van der Waals surface area contributed by atoms with Gasteiger partial charge in [-0.1, -0.05) is 34.5 Å². The van der Waals surface area contributed by atoms with Gasteiger partial charge in [0.15, 0.2) is 11.2 Å². The van der Waals surface area contributed by atoms with E-state index in [4.69, 9.17) is 27.9 Å². The highest BCUT2D eigenvalue weighted by atomic mass is 35.5. The molecule has 0 aliphatic rings. The number of ether oxygens (including phenoxy) is 1. The smallest absolute Gasteiger partial charge is 0.266 e. The molecule has 0 aliphatic carbocycles. The van der Waals surface area contributed by atoms with Crippen molar-refractivity contribution in [1.29, 1.82) is 0 Å². The minimum atomic E-state index is -0.760. The van der Waals surface area contributed by atoms with Crippen LogP contribution in [0.2, 0.25) is 10.0 Å². The van der Waals surface area contributed by atoms with Crippen molar-refractivity contribution in [2.45, 2.75) is 20.0 Å². The Hall–Kier alpha value is -2.35. The zero-order chi connectivity index (χ0) is 19.6. The van der Waals surface area contributed by atoms with Crippen LogP contribution in [-0.2, 0) is 9.59 Å². The maximum atomic E-state index is 12.4. The first-order chi connectivity index (χ1) is 12.8. The van der Waals surface area contributed by atoms with Crippen LogP contribution in [0.25, 0.3) is 10.2 Å². The molecule has 0 spiro atoms. The average Bonchev–Trinajstić information content (AvgIpc) is 2.99. The van der Waals surface area contributed by atoms with E-state index in [1.165, 1.54) is 18.3 Å². The lowest BCUT2D eigenvalue weighted by Gasteiger charge is -2.14. The number of fused-ring (bicyclic) bond motifs is 1. The molecule has 2 aromatic carbocycles. The summed E-state index contributed by atoms with van der Waals surface area (Å²) in [6.07, 6.45) is -0.760. The largest absolute Gasteiger partial charge is 0.481 e. The van der Waals surface area contributed by atoms with Crippen molar-refractivity contribution < 1.29 is 14.3 Å². The highest BCUT2D eigenvalue weighted by Crippen LogP contribution is 2.29. The summed E-state index contributed by atoms with van der Waals surface area (Å²) in [6, 6.07) is 10.1. The summed E-state index contributed by atoms with van der Waals surface area (Å²) in [4.78, 5) is 27.9. The molecule has 1 unspecified atom stereocenters. The average molecular weight is 424 g/mol. The molecule has 27 heavy (non-hydrogen) atoms. The molecule has 0 saturated heterocycles. The maximum Gasteiger partial charge on any atom is 0.266 e. The fourth-order valence-electron chi connectivity index (χ4n) is 2.27. The number of anilines is 2. The second kappa shape index (κ2) is 8.12. The molecule has 0 bridgehead atoms. The van der Waals surface area contributed by atoms with Crippen LogP contribution in [0.3, 0.4) is 0 Å². The minimum absolute atomic E-state index is 0.152. The number of thiazole rings is 1. The molecular formula is C18H15Cl2N3O3S. The minimum Gasteiger partial charge on any atom is -0.481 e. The highest BCUT2D eigenvalue weighted by molar-refractivity contribution is 7.22. The number of aromatic nitrogens is 1. The third-order valence-corrected chi connectivity index (χ3v) is 5.18. The number of carbonyl (C=O) groups is 2. The highest BCUT2D eigenvalue weighted by Gasteiger charge is 2.17. The monoisotopic (exact) mass is 423 g/mol. The number of carbonyl (C=O) groups excluding carboxylic acids is 2. The van der Waals surface area contributed by atoms with Gasteiger partial charge >= 0.3 is 0 Å². The number of hydrogen-bond donors (Lipinski definition) is 2. The van der Waals surface area contributed by atoms with Gasteiger partial charge in [-0.15, -0.1) is 0 Å². The summed E-state index contributed by atoms with van der Waals surface area (Å²) in [5.74, 6) is -0.0563. The van der Waals surface area contributed by atoms with Crippen LogP contribution in [0.1, 0.15) is 13.8 Å². The SMILES string of the molecule is CC(=O)Nc1ccc2nc(NC(=O)C(C)Oc3ccc(Cl)c(Cl)c3)sc2c1. The molecule has 1 aromatic heterocycles. The molecule has 6 nitrogen and oxygen atoms in total. The van der Waals surface area contributed by atoms with Crippen molar-refractivity contribution in [2.24, 2.45) is 0 Å². The summed E-state index contributed by atoms with van der Waals surface area (Å²) in [5.41, 5.74) is 1.40. The Labute approximate surface area is 169 Å². The molecule has 140 valence electrons. The van der Waals surface area contributed by atoms with Crippen molar-refractivity contribution in [2.75, 3.05) is 10.6 Å². The van der Waals surface area contributed by atoms with Crippen molar-refractivity contribution >= 4 is 67.4 Å². The predicted molar refractivity (Wildman–Crippen MR) is 109 cm³/mol. The first kappa shape index (κ1) is 19.4. The van der Waals surface area contributed by atoms with Crippen LogP contribution in [0.5, 0.6) is 5.75 Å². The first-order valence-electron chi connectivity index (χ1n) is 7.92. The van der Waals surface area contributed by atoms with Gasteiger partial charge in [-0.25, -0.2) is 4.98 Å². The molecule has 1 heterocycles. The third-order valence-electron chi connectivity index (χ3n) is 3.51. The summed E-state index contributed by atoms with van der Waals surface area (Å²) in [7, 11) is 0. The van der Waals surface area contributed by atoms with Crippen molar-refractivity contribution in [3.8, 4) is 5.75 Å². The zero-order valence-corrected chi connectivity index (χ0v) is 16.7. The Morgan fingerprint density at radius 3 is 2.59 bits per heavy atom. The molecule has 9 heteroatoms. The number of hydrogen-bond acceptors (Lipinski definition) is 5. The molecule has 2 amide bonds. The number of nitrogens with one attached hydrogen (secondary N) is 2. The van der Waals surface area contributed by atoms with E-state index >= 15 is 0 Å². The topological polar surface area (TPSA) is 80.3 Å². The van der Waals surface area contributed by atoms with Gasteiger partial charge in [-0.2, -0.15) is 0 Å². The number of rotatable bonds is 5. The third kappa shape index (κ3) is 4.88. The fraction of sp³-hybridized carbons (Fsp3) is 0.167. The van der Waals surface area contributed by atoms with E-state index in [9.17, 15) is 9.59 Å². The van der Waals surface area contributed by atoms with Gasteiger partial charge in [0.05, 0.1) is 20.3 Å². The lowest BCUT2D eigenvalue weighted by atomic mass is 10.3. The van der Waals surface area contributed by atoms with Gasteiger partial charge in [0.1, 0.15) is 5.75 Å². The van der Waals surface area contributed by atoms with Crippen LogP contribution in [0, 0.1) is 0 Å². The molecule has 0 aliphatic heterocycles. The van der Waals surface area contributed by atoms with Crippen LogP contribution >= 0.6 is 34.5 Å². The van der Waals surface area contributed by atoms with E-state index in [0.29, 0.717) is 26.6 Å². The Morgan fingerprint density at radius 1 is 1.11 bits per heavy atom. The molecule has 2 N–H and O–H groups in total. The standard InChI is InChI=1S/C18H15Cl2N3O3S/c1-9(26-12-4-5-13(19)14(20)8-12)17(25)23-18-22-15-6-3-11(21-10(2)24)7-16(15)27-18/h3-9H,1-2H3,(H,21,24)(H,22,23,25). The second-order valence-electron chi connectivity index (χ2n) is 5.71. The Morgan fingerprint density at radius 2 is 1.89 bits per heavy atom. The van der Waals surface area contributed by atoms with E-state index < -0.39 is 6.10 Å². The number of benzene rings is 2. The number of amides is 2. The summed E-state index contributed by atoms with van der Waals surface area (Å²) < 4.78 is 6.44. The lowest BCUT2D eigenvalue weighted by Crippen LogP contribution is -2.30. The van der Waals surface area contributed by atoms with Gasteiger partial charge in [0, 0.05) is 18.7 Å². The van der Waals surface area contributed by atoms with Crippen molar-refractivity contribution in [3.05, 3.63) is 46.4 Å². The van der Waals surface area contributed by atoms with Gasteiger partial charge in [0.25, 0.3) is 5.91 Å². The summed E-state index contributed by atoms with van der Waals surface area (Å²) >= 11 is 13.1. The van der Waals surface area contributed by atoms with Crippen LogP contribution in [0.4, 0.5) is 10.8 Å². The summed E-state index contributed by atoms with van der Waals surface area (Å²) in [6.45, 7) is 3.07. The summed E-state index contributed by atoms with van der Waals surface area (Å²) in [5, 5.41) is 6.65. The first-order valence-corrected chi connectivity index (χ1v) is 9.50. The van der Waals surface area contributed by atoms with E-state index in [-0.39, 0.29) is 11.8 Å². The second-order valence-corrected chi connectivity index (χ2v) is 7.55. The van der Waals surface area contributed by atoms with E-state index in [1.807, 2.05) is 0 Å². The van der Waals surface area contributed by atoms with Crippen LogP contribution < -0.4 is 15.4 Å². The number of halogens is 2. The normalized spacial score (nSPS) is 11.9. The van der Waals surface area contributed by atoms with Crippen LogP contribution in [-0.4, -0.2) is 22.9 Å². The number of nitrogens with zero attached hydrogens (tertiary/aromatic N) is 1. The zero-order valence-electron chi connectivity index (χ0n) is 14.4. The Kier molecular flexibility index (Phi) is 5.84. The van der Waals surface area contributed by atoms with E-state index in [1.54, 1.807) is 43.3 Å². The molecule has 3 rings (SSSR count). The van der Waals surface area contributed by atoms with Crippen molar-refractivity contribution in [1.82, 2.24) is 4.98 Å². The lowest BCUT2D eigenvalue weighted by molar-refractivity contribution is -0.122. The predicted octanol–water partition coefficient (Wildman–Crippen LogP) is 4.97. The molecule has 0 radical (unpaired) electrons. The van der Waals surface area contributed by atoms with Gasteiger partial charge in [-0.3, -0.25) is 14.9 Å².